The van der Waals surface area contributed by atoms with Crippen molar-refractivity contribution in [3.05, 3.63) is 95.4 Å². The molecule has 3 aromatic rings. The topological polar surface area (TPSA) is 59.3 Å². The van der Waals surface area contributed by atoms with Gasteiger partial charge in [0.2, 0.25) is 0 Å². The lowest BCUT2D eigenvalue weighted by Gasteiger charge is -2.09. The van der Waals surface area contributed by atoms with Gasteiger partial charge in [0.25, 0.3) is 5.91 Å². The highest BCUT2D eigenvalue weighted by Gasteiger charge is 2.17. The van der Waals surface area contributed by atoms with Crippen LogP contribution in [-0.2, 0) is 5.75 Å². The third-order valence-electron chi connectivity index (χ3n) is 3.81. The molecule has 0 saturated heterocycles. The van der Waals surface area contributed by atoms with Gasteiger partial charge in [-0.15, -0.1) is 0 Å². The summed E-state index contributed by atoms with van der Waals surface area (Å²) in [5.74, 6) is 2.07. The molecule has 26 heavy (non-hydrogen) atoms. The molecule has 4 nitrogen and oxygen atoms in total. The zero-order valence-electron chi connectivity index (χ0n) is 14.2. The molecule has 0 aliphatic carbocycles. The molecule has 0 aliphatic rings. The lowest BCUT2D eigenvalue weighted by atomic mass is 9.98. The highest BCUT2D eigenvalue weighted by atomic mass is 32.2. The molecule has 5 heteroatoms. The number of rotatable bonds is 8. The fourth-order valence-electron chi connectivity index (χ4n) is 2.52. The van der Waals surface area contributed by atoms with Gasteiger partial charge in [-0.2, -0.15) is 11.8 Å². The number of amides is 1. The van der Waals surface area contributed by atoms with Crippen LogP contribution in [0.2, 0.25) is 0 Å². The summed E-state index contributed by atoms with van der Waals surface area (Å²) >= 11 is 1.68. The summed E-state index contributed by atoms with van der Waals surface area (Å²) in [6.45, 7) is 0.526. The zero-order valence-corrected chi connectivity index (χ0v) is 15.0. The van der Waals surface area contributed by atoms with Gasteiger partial charge in [0.1, 0.15) is 5.76 Å². The van der Waals surface area contributed by atoms with E-state index in [2.05, 4.69) is 5.32 Å². The molecule has 0 unspecified atom stereocenters. The van der Waals surface area contributed by atoms with Crippen LogP contribution < -0.4 is 5.32 Å². The average Bonchev–Trinajstić information content (AvgIpc) is 3.21. The maximum absolute atomic E-state index is 12.7. The summed E-state index contributed by atoms with van der Waals surface area (Å²) in [5, 5.41) is 2.88. The standard InChI is InChI=1S/C21H19NO3S/c23-20(16-7-2-1-3-8-16)18-10-4-5-11-19(18)21(24)22-12-14-26-15-17-9-6-13-25-17/h1-11,13H,12,14-15H2,(H,22,24). The summed E-state index contributed by atoms with van der Waals surface area (Å²) in [4.78, 5) is 25.2. The lowest BCUT2D eigenvalue weighted by molar-refractivity contribution is 0.0944. The molecule has 0 saturated carbocycles. The zero-order chi connectivity index (χ0) is 18.2. The first kappa shape index (κ1) is 18.0. The molecular formula is C21H19NO3S. The molecule has 0 atom stereocenters. The Kier molecular flexibility index (Phi) is 6.28. The van der Waals surface area contributed by atoms with Crippen molar-refractivity contribution < 1.29 is 14.0 Å². The van der Waals surface area contributed by atoms with Crippen molar-refractivity contribution in [2.24, 2.45) is 0 Å². The Hall–Kier alpha value is -2.79. The van der Waals surface area contributed by atoms with Crippen molar-refractivity contribution in [1.29, 1.82) is 0 Å². The van der Waals surface area contributed by atoms with Crippen LogP contribution in [0.3, 0.4) is 0 Å². The first-order valence-electron chi connectivity index (χ1n) is 8.33. The van der Waals surface area contributed by atoms with Crippen LogP contribution in [0.5, 0.6) is 0 Å². The number of thioether (sulfide) groups is 1. The van der Waals surface area contributed by atoms with Crippen molar-refractivity contribution in [3.8, 4) is 0 Å². The number of ketones is 1. The lowest BCUT2D eigenvalue weighted by Crippen LogP contribution is -2.27. The number of hydrogen-bond acceptors (Lipinski definition) is 4. The fraction of sp³-hybridized carbons (Fsp3) is 0.143. The van der Waals surface area contributed by atoms with Gasteiger partial charge >= 0.3 is 0 Å². The molecule has 0 radical (unpaired) electrons. The van der Waals surface area contributed by atoms with Crippen molar-refractivity contribution in [1.82, 2.24) is 5.32 Å². The van der Waals surface area contributed by atoms with Crippen molar-refractivity contribution in [2.45, 2.75) is 5.75 Å². The molecular weight excluding hydrogens is 346 g/mol. The second kappa shape index (κ2) is 9.06. The number of nitrogens with one attached hydrogen (secondary N) is 1. The van der Waals surface area contributed by atoms with E-state index in [-0.39, 0.29) is 11.7 Å². The minimum absolute atomic E-state index is 0.149. The van der Waals surface area contributed by atoms with Gasteiger partial charge in [0, 0.05) is 23.4 Å². The van der Waals surface area contributed by atoms with E-state index in [4.69, 9.17) is 4.42 Å². The predicted molar refractivity (Wildman–Crippen MR) is 104 cm³/mol. The van der Waals surface area contributed by atoms with Crippen LogP contribution in [0.1, 0.15) is 32.0 Å². The number of furan rings is 1. The number of benzene rings is 2. The molecule has 1 amide bonds. The summed E-state index contributed by atoms with van der Waals surface area (Å²) in [6.07, 6.45) is 1.65. The maximum atomic E-state index is 12.7. The monoisotopic (exact) mass is 365 g/mol. The molecule has 2 aromatic carbocycles. The quantitative estimate of drug-likeness (QED) is 0.481. The van der Waals surface area contributed by atoms with Gasteiger partial charge in [-0.3, -0.25) is 9.59 Å². The molecule has 1 aromatic heterocycles. The van der Waals surface area contributed by atoms with Gasteiger partial charge < -0.3 is 9.73 Å². The Labute approximate surface area is 156 Å². The van der Waals surface area contributed by atoms with Gasteiger partial charge in [-0.05, 0) is 18.2 Å². The Bertz CT molecular complexity index is 860. The van der Waals surface area contributed by atoms with E-state index in [0.717, 1.165) is 17.3 Å². The van der Waals surface area contributed by atoms with E-state index < -0.39 is 0 Å². The second-order valence-corrected chi connectivity index (χ2v) is 6.73. The molecule has 1 N–H and O–H groups in total. The minimum Gasteiger partial charge on any atom is -0.468 e. The first-order valence-corrected chi connectivity index (χ1v) is 9.48. The van der Waals surface area contributed by atoms with E-state index in [1.807, 2.05) is 30.3 Å². The molecule has 0 bridgehead atoms. The first-order chi connectivity index (χ1) is 12.8. The SMILES string of the molecule is O=C(NCCSCc1ccco1)c1ccccc1C(=O)c1ccccc1. The highest BCUT2D eigenvalue weighted by Crippen LogP contribution is 2.15. The Morgan fingerprint density at radius 3 is 2.35 bits per heavy atom. The minimum atomic E-state index is -0.233. The van der Waals surface area contributed by atoms with Gasteiger partial charge in [-0.1, -0.05) is 48.5 Å². The Morgan fingerprint density at radius 2 is 1.62 bits per heavy atom. The van der Waals surface area contributed by atoms with E-state index in [1.54, 1.807) is 54.4 Å². The smallest absolute Gasteiger partial charge is 0.252 e. The van der Waals surface area contributed by atoms with E-state index in [9.17, 15) is 9.59 Å². The normalized spacial score (nSPS) is 10.5. The van der Waals surface area contributed by atoms with Crippen molar-refractivity contribution in [2.75, 3.05) is 12.3 Å². The summed E-state index contributed by atoms with van der Waals surface area (Å²) in [5.41, 5.74) is 1.39. The van der Waals surface area contributed by atoms with E-state index in [0.29, 0.717) is 23.2 Å². The van der Waals surface area contributed by atoms with Crippen LogP contribution in [0.4, 0.5) is 0 Å². The number of carbonyl (C=O) groups is 2. The van der Waals surface area contributed by atoms with Crippen LogP contribution in [0.25, 0.3) is 0 Å². The number of hydrogen-bond donors (Lipinski definition) is 1. The molecule has 0 fully saturated rings. The van der Waals surface area contributed by atoms with Crippen molar-refractivity contribution >= 4 is 23.5 Å². The third kappa shape index (κ3) is 4.64. The van der Waals surface area contributed by atoms with E-state index in [1.165, 1.54) is 0 Å². The predicted octanol–water partition coefficient (Wildman–Crippen LogP) is 4.17. The molecule has 1 heterocycles. The summed E-state index contributed by atoms with van der Waals surface area (Å²) in [6, 6.07) is 19.7. The van der Waals surface area contributed by atoms with Gasteiger partial charge in [0.05, 0.1) is 17.6 Å². The maximum Gasteiger partial charge on any atom is 0.252 e. The molecule has 0 spiro atoms. The summed E-state index contributed by atoms with van der Waals surface area (Å²) < 4.78 is 5.27. The highest BCUT2D eigenvalue weighted by molar-refractivity contribution is 7.98. The Morgan fingerprint density at radius 1 is 0.885 bits per heavy atom. The molecule has 3 rings (SSSR count). The Balaban J connectivity index is 1.58. The number of carbonyl (C=O) groups excluding carboxylic acids is 2. The van der Waals surface area contributed by atoms with Crippen LogP contribution >= 0.6 is 11.8 Å². The van der Waals surface area contributed by atoms with Gasteiger partial charge in [-0.25, -0.2) is 0 Å². The van der Waals surface area contributed by atoms with E-state index >= 15 is 0 Å². The second-order valence-electron chi connectivity index (χ2n) is 5.63. The molecule has 0 aliphatic heterocycles. The molecule has 132 valence electrons. The van der Waals surface area contributed by atoms with Crippen LogP contribution in [0.15, 0.2) is 77.4 Å². The fourth-order valence-corrected chi connectivity index (χ4v) is 3.28. The van der Waals surface area contributed by atoms with Crippen LogP contribution in [-0.4, -0.2) is 24.0 Å². The largest absolute Gasteiger partial charge is 0.468 e. The van der Waals surface area contributed by atoms with Gasteiger partial charge in [0.15, 0.2) is 5.78 Å². The average molecular weight is 365 g/mol. The summed E-state index contributed by atoms with van der Waals surface area (Å²) in [7, 11) is 0. The third-order valence-corrected chi connectivity index (χ3v) is 4.79. The van der Waals surface area contributed by atoms with Crippen molar-refractivity contribution in [3.63, 3.8) is 0 Å². The van der Waals surface area contributed by atoms with Crippen LogP contribution in [0, 0.1) is 0 Å².